The number of nitrogens with zero attached hydrogens (tertiary/aromatic N) is 4. The van der Waals surface area contributed by atoms with E-state index in [2.05, 4.69) is 12.1 Å². The lowest BCUT2D eigenvalue weighted by molar-refractivity contribution is 1.19. The van der Waals surface area contributed by atoms with Gasteiger partial charge in [0, 0.05) is 21.5 Å². The minimum Gasteiger partial charge on any atom is -0.268 e. The molecule has 0 amide bonds. The van der Waals surface area contributed by atoms with Crippen LogP contribution in [0.25, 0.3) is 49.4 Å². The second kappa shape index (κ2) is 6.13. The lowest BCUT2D eigenvalue weighted by Crippen LogP contribution is -2.13. The first-order valence-electron chi connectivity index (χ1n) is 9.74. The number of fused-ring (bicyclic) bond motifs is 4. The average molecular weight is 396 g/mol. The molecule has 6 aromatic rings. The number of aromatic nitrogens is 2. The monoisotopic (exact) mass is 396 g/mol. The largest absolute Gasteiger partial charge is 0.268 e. The summed E-state index contributed by atoms with van der Waals surface area (Å²) < 4.78 is 1.57. The van der Waals surface area contributed by atoms with Crippen molar-refractivity contribution in [3.05, 3.63) is 94.3 Å². The van der Waals surface area contributed by atoms with Crippen LogP contribution in [0.4, 0.5) is 0 Å². The van der Waals surface area contributed by atoms with Crippen LogP contribution in [-0.2, 0) is 0 Å². The van der Waals surface area contributed by atoms with Gasteiger partial charge in [0.15, 0.2) is 0 Å². The van der Waals surface area contributed by atoms with Gasteiger partial charge in [0.2, 0.25) is 0 Å². The third-order valence-corrected chi connectivity index (χ3v) is 5.82. The van der Waals surface area contributed by atoms with E-state index in [-0.39, 0.29) is 5.56 Å². The molecule has 0 aliphatic rings. The van der Waals surface area contributed by atoms with Crippen LogP contribution in [0.15, 0.2) is 77.6 Å². The molecule has 0 atom stereocenters. The van der Waals surface area contributed by atoms with Crippen molar-refractivity contribution in [2.75, 3.05) is 0 Å². The minimum absolute atomic E-state index is 0.209. The third-order valence-electron chi connectivity index (χ3n) is 5.82. The van der Waals surface area contributed by atoms with E-state index < -0.39 is 0 Å². The van der Waals surface area contributed by atoms with E-state index in [1.807, 2.05) is 48.5 Å². The Balaban J connectivity index is 1.89. The summed E-state index contributed by atoms with van der Waals surface area (Å²) in [7, 11) is 0. The Hall–Kier alpha value is -4.74. The van der Waals surface area contributed by atoms with Gasteiger partial charge in [-0.05, 0) is 47.5 Å². The summed E-state index contributed by atoms with van der Waals surface area (Å²) in [5.74, 6) is 0. The zero-order valence-electron chi connectivity index (χ0n) is 16.1. The first kappa shape index (κ1) is 17.1. The van der Waals surface area contributed by atoms with Crippen molar-refractivity contribution in [3.63, 3.8) is 0 Å². The first-order valence-corrected chi connectivity index (χ1v) is 9.74. The fraction of sp³-hybridized carbons (Fsp3) is 0. The molecule has 31 heavy (non-hydrogen) atoms. The molecule has 2 aromatic heterocycles. The molecule has 0 spiro atoms. The molecular formula is C26H12N4O. The Morgan fingerprint density at radius 3 is 2.39 bits per heavy atom. The summed E-state index contributed by atoms with van der Waals surface area (Å²) in [6.07, 6.45) is 0. The van der Waals surface area contributed by atoms with E-state index in [9.17, 15) is 15.3 Å². The fourth-order valence-corrected chi connectivity index (χ4v) is 4.46. The van der Waals surface area contributed by atoms with Gasteiger partial charge in [0.05, 0.1) is 34.3 Å². The fourth-order valence-electron chi connectivity index (χ4n) is 4.46. The molecule has 0 aliphatic carbocycles. The molecule has 0 N–H and O–H groups in total. The summed E-state index contributed by atoms with van der Waals surface area (Å²) in [5.41, 5.74) is 4.45. The molecular weight excluding hydrogens is 384 g/mol. The van der Waals surface area contributed by atoms with E-state index >= 15 is 0 Å². The van der Waals surface area contributed by atoms with Gasteiger partial charge in [0.25, 0.3) is 5.56 Å². The molecule has 0 saturated heterocycles. The Morgan fingerprint density at radius 2 is 1.61 bits per heavy atom. The third kappa shape index (κ3) is 2.23. The Kier molecular flexibility index (Phi) is 3.39. The summed E-state index contributed by atoms with van der Waals surface area (Å²) >= 11 is 0. The number of hydrogen-bond acceptors (Lipinski definition) is 4. The first-order chi connectivity index (χ1) is 15.2. The Labute approximate surface area is 176 Å². The number of benzene rings is 4. The summed E-state index contributed by atoms with van der Waals surface area (Å²) in [5, 5.41) is 21.9. The zero-order chi connectivity index (χ0) is 21.1. The SMILES string of the molecule is N#Cc1ccc2nc3c4ccc(C#N)c5c(-c6ccccc6)ccc(c(=O)n3c2c1)c54. The summed E-state index contributed by atoms with van der Waals surface area (Å²) in [4.78, 5) is 18.3. The van der Waals surface area contributed by atoms with Gasteiger partial charge >= 0.3 is 0 Å². The molecule has 0 unspecified atom stereocenters. The van der Waals surface area contributed by atoms with E-state index in [4.69, 9.17) is 4.98 Å². The quantitative estimate of drug-likeness (QED) is 0.391. The number of imidazole rings is 1. The van der Waals surface area contributed by atoms with Crippen LogP contribution >= 0.6 is 0 Å². The lowest BCUT2D eigenvalue weighted by atomic mass is 9.91. The highest BCUT2D eigenvalue weighted by Crippen LogP contribution is 2.37. The van der Waals surface area contributed by atoms with Crippen LogP contribution in [-0.4, -0.2) is 9.38 Å². The second-order valence-electron chi connectivity index (χ2n) is 7.44. The molecule has 0 aliphatic heterocycles. The van der Waals surface area contributed by atoms with Crippen molar-refractivity contribution in [3.8, 4) is 23.3 Å². The standard InChI is InChI=1S/C26H12N4O/c27-13-15-6-11-21-22(12-15)30-25(29-21)19-8-7-17(14-28)23-18(16-4-2-1-3-5-16)9-10-20(24(19)23)26(30)31/h1-12H. The normalized spacial score (nSPS) is 11.3. The summed E-state index contributed by atoms with van der Waals surface area (Å²) in [6.45, 7) is 0. The predicted molar refractivity (Wildman–Crippen MR) is 120 cm³/mol. The van der Waals surface area contributed by atoms with E-state index in [0.717, 1.165) is 27.3 Å². The highest BCUT2D eigenvalue weighted by Gasteiger charge is 2.20. The topological polar surface area (TPSA) is 81.9 Å². The van der Waals surface area contributed by atoms with Crippen LogP contribution in [0.3, 0.4) is 0 Å². The number of rotatable bonds is 1. The Morgan fingerprint density at radius 1 is 0.806 bits per heavy atom. The highest BCUT2D eigenvalue weighted by molar-refractivity contribution is 6.20. The van der Waals surface area contributed by atoms with Crippen LogP contribution in [0.2, 0.25) is 0 Å². The van der Waals surface area contributed by atoms with Crippen LogP contribution in [0.1, 0.15) is 11.1 Å². The molecule has 0 radical (unpaired) electrons. The molecule has 5 heteroatoms. The maximum atomic E-state index is 13.6. The van der Waals surface area contributed by atoms with Crippen molar-refractivity contribution in [2.45, 2.75) is 0 Å². The molecule has 0 saturated carbocycles. The van der Waals surface area contributed by atoms with Crippen molar-refractivity contribution in [1.82, 2.24) is 9.38 Å². The molecule has 142 valence electrons. The predicted octanol–water partition coefficient (Wildman–Crippen LogP) is 5.00. The highest BCUT2D eigenvalue weighted by atomic mass is 16.1. The number of pyridine rings is 1. The molecule has 4 aromatic carbocycles. The number of nitriles is 2. The minimum atomic E-state index is -0.209. The maximum absolute atomic E-state index is 13.6. The molecule has 2 heterocycles. The molecule has 0 bridgehead atoms. The second-order valence-corrected chi connectivity index (χ2v) is 7.44. The summed E-state index contributed by atoms with van der Waals surface area (Å²) in [6, 6.07) is 26.8. The van der Waals surface area contributed by atoms with Crippen molar-refractivity contribution in [1.29, 1.82) is 10.5 Å². The van der Waals surface area contributed by atoms with Gasteiger partial charge in [-0.3, -0.25) is 9.20 Å². The van der Waals surface area contributed by atoms with Gasteiger partial charge < -0.3 is 0 Å². The maximum Gasteiger partial charge on any atom is 0.264 e. The van der Waals surface area contributed by atoms with Crippen molar-refractivity contribution < 1.29 is 0 Å². The van der Waals surface area contributed by atoms with E-state index in [1.165, 1.54) is 0 Å². The Bertz CT molecular complexity index is 1820. The lowest BCUT2D eigenvalue weighted by Gasteiger charge is -2.13. The molecule has 0 fully saturated rings. The molecule has 5 nitrogen and oxygen atoms in total. The van der Waals surface area contributed by atoms with E-state index in [0.29, 0.717) is 33.2 Å². The van der Waals surface area contributed by atoms with Gasteiger partial charge in [-0.15, -0.1) is 0 Å². The van der Waals surface area contributed by atoms with Crippen molar-refractivity contribution >= 4 is 38.2 Å². The average Bonchev–Trinajstić information content (AvgIpc) is 3.21. The number of hydrogen-bond donors (Lipinski definition) is 0. The van der Waals surface area contributed by atoms with Gasteiger partial charge in [-0.2, -0.15) is 10.5 Å². The zero-order valence-corrected chi connectivity index (χ0v) is 16.1. The van der Waals surface area contributed by atoms with Crippen LogP contribution in [0, 0.1) is 22.7 Å². The van der Waals surface area contributed by atoms with E-state index in [1.54, 1.807) is 28.7 Å². The van der Waals surface area contributed by atoms with Gasteiger partial charge in [0.1, 0.15) is 5.65 Å². The van der Waals surface area contributed by atoms with Crippen molar-refractivity contribution in [2.24, 2.45) is 0 Å². The van der Waals surface area contributed by atoms with Gasteiger partial charge in [-0.1, -0.05) is 36.4 Å². The smallest absolute Gasteiger partial charge is 0.264 e. The van der Waals surface area contributed by atoms with Gasteiger partial charge in [-0.25, -0.2) is 4.98 Å². The van der Waals surface area contributed by atoms with Crippen LogP contribution in [0.5, 0.6) is 0 Å². The molecule has 6 rings (SSSR count). The van der Waals surface area contributed by atoms with Crippen LogP contribution < -0.4 is 5.56 Å².